The molecule has 0 aliphatic heterocycles. The van der Waals surface area contributed by atoms with Crippen LogP contribution >= 0.6 is 11.8 Å². The molecular weight excluding hydrogens is 298 g/mol. The number of hydrogen-bond acceptors (Lipinski definition) is 6. The van der Waals surface area contributed by atoms with Crippen molar-refractivity contribution in [3.05, 3.63) is 23.4 Å². The van der Waals surface area contributed by atoms with Crippen LogP contribution in [0, 0.1) is 11.3 Å². The van der Waals surface area contributed by atoms with Gasteiger partial charge in [-0.05, 0) is 32.1 Å². The summed E-state index contributed by atoms with van der Waals surface area (Å²) in [6.07, 6.45) is 9.44. The van der Waals surface area contributed by atoms with Gasteiger partial charge in [-0.3, -0.25) is 4.79 Å². The van der Waals surface area contributed by atoms with Crippen molar-refractivity contribution in [1.82, 2.24) is 15.3 Å². The topological polar surface area (TPSA) is 105 Å². The Morgan fingerprint density at radius 3 is 3.05 bits per heavy atom. The summed E-state index contributed by atoms with van der Waals surface area (Å²) in [4.78, 5) is 19.8. The van der Waals surface area contributed by atoms with Gasteiger partial charge in [-0.15, -0.1) is 0 Å². The molecule has 0 fully saturated rings. The lowest BCUT2D eigenvalue weighted by Crippen LogP contribution is -2.26. The fourth-order valence-electron chi connectivity index (χ4n) is 2.21. The zero-order valence-electron chi connectivity index (χ0n) is 12.3. The molecule has 0 aromatic carbocycles. The molecule has 1 aromatic heterocycles. The molecule has 6 nitrogen and oxygen atoms in total. The van der Waals surface area contributed by atoms with E-state index >= 15 is 0 Å². The van der Waals surface area contributed by atoms with Crippen LogP contribution in [0.2, 0.25) is 0 Å². The molecule has 0 radical (unpaired) electrons. The summed E-state index contributed by atoms with van der Waals surface area (Å²) in [6.45, 7) is 0.668. The van der Waals surface area contributed by atoms with E-state index in [2.05, 4.69) is 21.4 Å². The van der Waals surface area contributed by atoms with Crippen molar-refractivity contribution < 1.29 is 4.79 Å². The number of aromatic nitrogens is 2. The van der Waals surface area contributed by atoms with E-state index in [1.807, 2.05) is 6.07 Å². The Hall–Kier alpha value is -2.07. The maximum Gasteiger partial charge on any atom is 0.230 e. The standard InChI is InChI=1S/C15H19N5OS/c16-8-12-9-19-15(20-14(12)17)22-10-13(21)18-7-6-11-4-2-1-3-5-11/h4,9H,1-3,5-7,10H2,(H,18,21)(H2,17,19,20). The van der Waals surface area contributed by atoms with Crippen LogP contribution in [0.1, 0.15) is 37.7 Å². The number of thioether (sulfide) groups is 1. The van der Waals surface area contributed by atoms with Crippen LogP contribution in [0.3, 0.4) is 0 Å². The second kappa shape index (κ2) is 8.39. The van der Waals surface area contributed by atoms with E-state index in [0.717, 1.165) is 19.3 Å². The summed E-state index contributed by atoms with van der Waals surface area (Å²) in [5, 5.41) is 12.0. The molecule has 0 bridgehead atoms. The molecule has 1 aliphatic rings. The van der Waals surface area contributed by atoms with Gasteiger partial charge in [-0.25, -0.2) is 9.97 Å². The van der Waals surface area contributed by atoms with Crippen molar-refractivity contribution in [3.63, 3.8) is 0 Å². The van der Waals surface area contributed by atoms with Crippen molar-refractivity contribution in [2.45, 2.75) is 37.3 Å². The summed E-state index contributed by atoms with van der Waals surface area (Å²) in [7, 11) is 0. The van der Waals surface area contributed by atoms with Crippen LogP contribution in [-0.2, 0) is 4.79 Å². The molecule has 1 heterocycles. The number of anilines is 1. The highest BCUT2D eigenvalue weighted by Gasteiger charge is 2.08. The highest BCUT2D eigenvalue weighted by molar-refractivity contribution is 7.99. The van der Waals surface area contributed by atoms with Gasteiger partial charge in [0.15, 0.2) is 5.16 Å². The molecule has 22 heavy (non-hydrogen) atoms. The summed E-state index contributed by atoms with van der Waals surface area (Å²) < 4.78 is 0. The fraction of sp³-hybridized carbons (Fsp3) is 0.467. The van der Waals surface area contributed by atoms with E-state index in [4.69, 9.17) is 11.0 Å². The van der Waals surface area contributed by atoms with Crippen molar-refractivity contribution >= 4 is 23.5 Å². The molecule has 0 saturated carbocycles. The van der Waals surface area contributed by atoms with Crippen LogP contribution in [0.5, 0.6) is 0 Å². The van der Waals surface area contributed by atoms with Crippen LogP contribution in [0.25, 0.3) is 0 Å². The lowest BCUT2D eigenvalue weighted by Gasteiger charge is -2.12. The minimum absolute atomic E-state index is 0.0482. The predicted octanol–water partition coefficient (Wildman–Crippen LogP) is 2.03. The van der Waals surface area contributed by atoms with Crippen LogP contribution in [0.4, 0.5) is 5.82 Å². The number of nitrogens with one attached hydrogen (secondary N) is 1. The third-order valence-corrected chi connectivity index (χ3v) is 4.26. The first-order chi connectivity index (χ1) is 10.7. The Labute approximate surface area is 134 Å². The Morgan fingerprint density at radius 1 is 1.50 bits per heavy atom. The molecule has 0 saturated heterocycles. The zero-order chi connectivity index (χ0) is 15.8. The van der Waals surface area contributed by atoms with Crippen molar-refractivity contribution in [2.75, 3.05) is 18.0 Å². The third kappa shape index (κ3) is 5.04. The van der Waals surface area contributed by atoms with E-state index in [1.165, 1.54) is 36.4 Å². The second-order valence-electron chi connectivity index (χ2n) is 5.06. The number of nitrogens with zero attached hydrogens (tertiary/aromatic N) is 3. The SMILES string of the molecule is N#Cc1cnc(SCC(=O)NCCC2=CCCCC2)nc1N. The first-order valence-corrected chi connectivity index (χ1v) is 8.27. The van der Waals surface area contributed by atoms with Crippen molar-refractivity contribution in [3.8, 4) is 6.07 Å². The molecule has 3 N–H and O–H groups in total. The van der Waals surface area contributed by atoms with Crippen molar-refractivity contribution in [1.29, 1.82) is 5.26 Å². The van der Waals surface area contributed by atoms with Gasteiger partial charge in [0, 0.05) is 6.54 Å². The summed E-state index contributed by atoms with van der Waals surface area (Å²) in [6, 6.07) is 1.90. The number of amides is 1. The molecule has 0 atom stereocenters. The first-order valence-electron chi connectivity index (χ1n) is 7.29. The van der Waals surface area contributed by atoms with Crippen LogP contribution in [-0.4, -0.2) is 28.2 Å². The first kappa shape index (κ1) is 16.3. The summed E-state index contributed by atoms with van der Waals surface area (Å²) >= 11 is 1.21. The fourth-order valence-corrected chi connectivity index (χ4v) is 2.86. The second-order valence-corrected chi connectivity index (χ2v) is 6.00. The maximum atomic E-state index is 11.8. The quantitative estimate of drug-likeness (QED) is 0.472. The number of carbonyl (C=O) groups excluding carboxylic acids is 1. The normalized spacial score (nSPS) is 14.0. The highest BCUT2D eigenvalue weighted by Crippen LogP contribution is 2.19. The largest absolute Gasteiger partial charge is 0.382 e. The summed E-state index contributed by atoms with van der Waals surface area (Å²) in [5.41, 5.74) is 7.30. The van der Waals surface area contributed by atoms with Crippen LogP contribution in [0.15, 0.2) is 23.0 Å². The minimum atomic E-state index is -0.0482. The van der Waals surface area contributed by atoms with E-state index in [0.29, 0.717) is 11.7 Å². The van der Waals surface area contributed by atoms with E-state index in [-0.39, 0.29) is 23.0 Å². The maximum absolute atomic E-state index is 11.8. The summed E-state index contributed by atoms with van der Waals surface area (Å²) in [5.74, 6) is 0.335. The minimum Gasteiger partial charge on any atom is -0.382 e. The monoisotopic (exact) mass is 317 g/mol. The average molecular weight is 317 g/mol. The van der Waals surface area contributed by atoms with Gasteiger partial charge in [0.1, 0.15) is 17.5 Å². The molecule has 1 amide bonds. The molecule has 116 valence electrons. The van der Waals surface area contributed by atoms with E-state index < -0.39 is 0 Å². The van der Waals surface area contributed by atoms with Gasteiger partial charge in [0.25, 0.3) is 0 Å². The van der Waals surface area contributed by atoms with Gasteiger partial charge >= 0.3 is 0 Å². The lowest BCUT2D eigenvalue weighted by molar-refractivity contribution is -0.118. The highest BCUT2D eigenvalue weighted by atomic mass is 32.2. The number of carbonyl (C=O) groups is 1. The Morgan fingerprint density at radius 2 is 2.36 bits per heavy atom. The van der Waals surface area contributed by atoms with Crippen LogP contribution < -0.4 is 11.1 Å². The molecular formula is C15H19N5OS. The number of nitrogen functional groups attached to an aromatic ring is 1. The Kier molecular flexibility index (Phi) is 6.22. The average Bonchev–Trinajstić information content (AvgIpc) is 2.54. The van der Waals surface area contributed by atoms with Crippen molar-refractivity contribution in [2.24, 2.45) is 0 Å². The number of nitriles is 1. The number of nitrogens with two attached hydrogens (primary N) is 1. The molecule has 0 spiro atoms. The van der Waals surface area contributed by atoms with Gasteiger partial charge in [-0.1, -0.05) is 23.4 Å². The molecule has 1 aromatic rings. The lowest BCUT2D eigenvalue weighted by atomic mass is 9.97. The number of rotatable bonds is 6. The molecule has 7 heteroatoms. The molecule has 1 aliphatic carbocycles. The van der Waals surface area contributed by atoms with Gasteiger partial charge in [-0.2, -0.15) is 5.26 Å². The van der Waals surface area contributed by atoms with Gasteiger partial charge < -0.3 is 11.1 Å². The zero-order valence-corrected chi connectivity index (χ0v) is 13.2. The smallest absolute Gasteiger partial charge is 0.230 e. The number of allylic oxidation sites excluding steroid dienone is 1. The number of hydrogen-bond donors (Lipinski definition) is 2. The van der Waals surface area contributed by atoms with E-state index in [9.17, 15) is 4.79 Å². The molecule has 0 unspecified atom stereocenters. The Bertz CT molecular complexity index is 608. The molecule has 2 rings (SSSR count). The van der Waals surface area contributed by atoms with E-state index in [1.54, 1.807) is 0 Å². The predicted molar refractivity (Wildman–Crippen MR) is 86.1 cm³/mol. The Balaban J connectivity index is 1.70. The third-order valence-electron chi connectivity index (χ3n) is 3.40. The van der Waals surface area contributed by atoms with Gasteiger partial charge in [0.05, 0.1) is 11.9 Å². The van der Waals surface area contributed by atoms with Gasteiger partial charge in [0.2, 0.25) is 5.91 Å².